The summed E-state index contributed by atoms with van der Waals surface area (Å²) < 4.78 is 5.12. The topological polar surface area (TPSA) is 64.4 Å². The minimum atomic E-state index is -0.114. The van der Waals surface area contributed by atoms with Gasteiger partial charge in [-0.2, -0.15) is 0 Å². The number of hydrogen-bond acceptors (Lipinski definition) is 4. The molecule has 0 saturated heterocycles. The van der Waals surface area contributed by atoms with Crippen LogP contribution in [-0.4, -0.2) is 13.0 Å². The molecule has 0 fully saturated rings. The van der Waals surface area contributed by atoms with Crippen molar-refractivity contribution >= 4 is 28.6 Å². The summed E-state index contributed by atoms with van der Waals surface area (Å²) in [5, 5.41) is 2.83. The number of carbonyl (C=O) groups excluding carboxylic acids is 1. The quantitative estimate of drug-likeness (QED) is 0.843. The Bertz CT molecular complexity index is 593. The molecule has 100 valence electrons. The Morgan fingerprint density at radius 2 is 2.16 bits per heavy atom. The molecule has 2 aromatic rings. The smallest absolute Gasteiger partial charge is 0.265 e. The van der Waals surface area contributed by atoms with Gasteiger partial charge in [-0.25, -0.2) is 0 Å². The number of anilines is 2. The van der Waals surface area contributed by atoms with E-state index in [-0.39, 0.29) is 5.91 Å². The summed E-state index contributed by atoms with van der Waals surface area (Å²) in [4.78, 5) is 14.0. The first-order chi connectivity index (χ1) is 9.13. The number of rotatable bonds is 4. The Hall–Kier alpha value is -2.01. The summed E-state index contributed by atoms with van der Waals surface area (Å²) >= 11 is 1.51. The highest BCUT2D eigenvalue weighted by Gasteiger charge is 2.10. The van der Waals surface area contributed by atoms with Crippen LogP contribution in [0.2, 0.25) is 0 Å². The summed E-state index contributed by atoms with van der Waals surface area (Å²) in [7, 11) is 1.55. The van der Waals surface area contributed by atoms with E-state index < -0.39 is 0 Å². The molecule has 1 amide bonds. The monoisotopic (exact) mass is 276 g/mol. The van der Waals surface area contributed by atoms with Gasteiger partial charge in [0.25, 0.3) is 5.91 Å². The van der Waals surface area contributed by atoms with Gasteiger partial charge in [-0.1, -0.05) is 6.92 Å². The van der Waals surface area contributed by atoms with Gasteiger partial charge in [-0.15, -0.1) is 11.3 Å². The number of amides is 1. The van der Waals surface area contributed by atoms with Gasteiger partial charge in [0.05, 0.1) is 17.7 Å². The molecule has 0 aliphatic heterocycles. The van der Waals surface area contributed by atoms with Gasteiger partial charge in [0, 0.05) is 16.6 Å². The highest BCUT2D eigenvalue weighted by Crippen LogP contribution is 2.26. The fourth-order valence-corrected chi connectivity index (χ4v) is 2.51. The van der Waals surface area contributed by atoms with E-state index in [1.54, 1.807) is 25.3 Å². The Labute approximate surface area is 116 Å². The molecule has 0 spiro atoms. The second-order valence-electron chi connectivity index (χ2n) is 4.03. The maximum Gasteiger partial charge on any atom is 0.265 e. The molecule has 0 bridgehead atoms. The minimum Gasteiger partial charge on any atom is -0.495 e. The number of thiophene rings is 1. The van der Waals surface area contributed by atoms with E-state index in [0.717, 1.165) is 6.42 Å². The van der Waals surface area contributed by atoms with Crippen LogP contribution in [0, 0.1) is 0 Å². The normalized spacial score (nSPS) is 10.2. The zero-order valence-corrected chi connectivity index (χ0v) is 11.7. The zero-order valence-electron chi connectivity index (χ0n) is 10.9. The lowest BCUT2D eigenvalue weighted by Gasteiger charge is -2.08. The van der Waals surface area contributed by atoms with Gasteiger partial charge in [0.1, 0.15) is 5.75 Å². The number of benzene rings is 1. The van der Waals surface area contributed by atoms with Crippen LogP contribution in [0.25, 0.3) is 0 Å². The Kier molecular flexibility index (Phi) is 4.06. The second-order valence-corrected chi connectivity index (χ2v) is 5.20. The number of ether oxygens (including phenoxy) is 1. The molecule has 5 heteroatoms. The number of methoxy groups -OCH3 is 1. The fraction of sp³-hybridized carbons (Fsp3) is 0.214. The van der Waals surface area contributed by atoms with Crippen LogP contribution in [0.4, 0.5) is 11.4 Å². The first kappa shape index (κ1) is 13.4. The van der Waals surface area contributed by atoms with Crippen LogP contribution in [0.5, 0.6) is 5.75 Å². The third-order valence-electron chi connectivity index (χ3n) is 2.73. The molecule has 0 saturated carbocycles. The van der Waals surface area contributed by atoms with E-state index in [4.69, 9.17) is 10.5 Å². The molecule has 0 radical (unpaired) electrons. The maximum absolute atomic E-state index is 12.1. The van der Waals surface area contributed by atoms with Crippen LogP contribution < -0.4 is 15.8 Å². The molecule has 3 N–H and O–H groups in total. The summed E-state index contributed by atoms with van der Waals surface area (Å²) in [6.07, 6.45) is 0.938. The van der Waals surface area contributed by atoms with Crippen LogP contribution in [0.1, 0.15) is 21.5 Å². The average Bonchev–Trinajstić information content (AvgIpc) is 2.90. The molecule has 19 heavy (non-hydrogen) atoms. The standard InChI is InChI=1S/C14H16N2O2S/c1-3-10-5-7-13(19-10)14(17)16-9-4-6-11(15)12(8-9)18-2/h4-8H,3,15H2,1-2H3,(H,16,17). The molecule has 1 heterocycles. The summed E-state index contributed by atoms with van der Waals surface area (Å²) in [6, 6.07) is 8.99. The lowest BCUT2D eigenvalue weighted by Crippen LogP contribution is -2.10. The van der Waals surface area contributed by atoms with Crippen molar-refractivity contribution in [1.82, 2.24) is 0 Å². The summed E-state index contributed by atoms with van der Waals surface area (Å²) in [6.45, 7) is 2.07. The van der Waals surface area contributed by atoms with E-state index in [0.29, 0.717) is 22.0 Å². The van der Waals surface area contributed by atoms with Crippen LogP contribution >= 0.6 is 11.3 Å². The summed E-state index contributed by atoms with van der Waals surface area (Å²) in [5.74, 6) is 0.440. The van der Waals surface area contributed by atoms with E-state index in [2.05, 4.69) is 12.2 Å². The van der Waals surface area contributed by atoms with Gasteiger partial charge < -0.3 is 15.8 Å². The van der Waals surface area contributed by atoms with Crippen LogP contribution in [0.3, 0.4) is 0 Å². The summed E-state index contributed by atoms with van der Waals surface area (Å²) in [5.41, 5.74) is 6.94. The van der Waals surface area contributed by atoms with Gasteiger partial charge in [0.2, 0.25) is 0 Å². The van der Waals surface area contributed by atoms with Crippen molar-refractivity contribution in [2.75, 3.05) is 18.2 Å². The molecule has 0 aliphatic rings. The van der Waals surface area contributed by atoms with Crippen molar-refractivity contribution in [2.45, 2.75) is 13.3 Å². The van der Waals surface area contributed by atoms with Crippen molar-refractivity contribution in [2.24, 2.45) is 0 Å². The van der Waals surface area contributed by atoms with E-state index in [1.165, 1.54) is 16.2 Å². The molecule has 4 nitrogen and oxygen atoms in total. The Morgan fingerprint density at radius 3 is 2.79 bits per heavy atom. The molecule has 1 aromatic heterocycles. The lowest BCUT2D eigenvalue weighted by atomic mass is 10.2. The Morgan fingerprint density at radius 1 is 1.37 bits per heavy atom. The SMILES string of the molecule is CCc1ccc(C(=O)Nc2ccc(N)c(OC)c2)s1. The lowest BCUT2D eigenvalue weighted by molar-refractivity contribution is 0.103. The van der Waals surface area contributed by atoms with Gasteiger partial charge in [-0.05, 0) is 30.7 Å². The van der Waals surface area contributed by atoms with Crippen molar-refractivity contribution in [3.8, 4) is 5.75 Å². The maximum atomic E-state index is 12.1. The molecule has 2 rings (SSSR count). The third kappa shape index (κ3) is 3.06. The third-order valence-corrected chi connectivity index (χ3v) is 3.95. The Balaban J connectivity index is 2.14. The van der Waals surface area contributed by atoms with Crippen LogP contribution in [-0.2, 0) is 6.42 Å². The number of nitrogens with one attached hydrogen (secondary N) is 1. The largest absolute Gasteiger partial charge is 0.495 e. The van der Waals surface area contributed by atoms with E-state index in [1.807, 2.05) is 12.1 Å². The number of carbonyl (C=O) groups is 1. The van der Waals surface area contributed by atoms with Gasteiger partial charge >= 0.3 is 0 Å². The molecular formula is C14H16N2O2S. The highest BCUT2D eigenvalue weighted by molar-refractivity contribution is 7.14. The molecule has 0 aliphatic carbocycles. The van der Waals surface area contributed by atoms with Crippen LogP contribution in [0.15, 0.2) is 30.3 Å². The number of nitrogens with two attached hydrogens (primary N) is 1. The van der Waals surface area contributed by atoms with Crippen molar-refractivity contribution in [3.05, 3.63) is 40.1 Å². The minimum absolute atomic E-state index is 0.114. The number of aryl methyl sites for hydroxylation is 1. The molecule has 1 aromatic carbocycles. The first-order valence-corrected chi connectivity index (χ1v) is 6.79. The molecule has 0 unspecified atom stereocenters. The second kappa shape index (κ2) is 5.75. The van der Waals surface area contributed by atoms with E-state index in [9.17, 15) is 4.79 Å². The van der Waals surface area contributed by atoms with Crippen molar-refractivity contribution in [3.63, 3.8) is 0 Å². The first-order valence-electron chi connectivity index (χ1n) is 5.97. The highest BCUT2D eigenvalue weighted by atomic mass is 32.1. The van der Waals surface area contributed by atoms with E-state index >= 15 is 0 Å². The average molecular weight is 276 g/mol. The molecular weight excluding hydrogens is 260 g/mol. The van der Waals surface area contributed by atoms with Crippen molar-refractivity contribution < 1.29 is 9.53 Å². The van der Waals surface area contributed by atoms with Gasteiger partial charge in [-0.3, -0.25) is 4.79 Å². The predicted octanol–water partition coefficient (Wildman–Crippen LogP) is 3.15. The van der Waals surface area contributed by atoms with Crippen molar-refractivity contribution in [1.29, 1.82) is 0 Å². The fourth-order valence-electron chi connectivity index (χ4n) is 1.67. The zero-order chi connectivity index (χ0) is 13.8. The number of hydrogen-bond donors (Lipinski definition) is 2. The van der Waals surface area contributed by atoms with Gasteiger partial charge in [0.15, 0.2) is 0 Å². The molecule has 0 atom stereocenters. The number of nitrogen functional groups attached to an aromatic ring is 1. The predicted molar refractivity (Wildman–Crippen MR) is 79.1 cm³/mol.